The molecular formula is C22H35BrN2O3. The number of alkyl halides is 1. The van der Waals surface area contributed by atoms with Crippen molar-refractivity contribution in [3.8, 4) is 0 Å². The molecule has 2 unspecified atom stereocenters. The van der Waals surface area contributed by atoms with Gasteiger partial charge in [-0.25, -0.2) is 0 Å². The van der Waals surface area contributed by atoms with Gasteiger partial charge in [-0.05, 0) is 75.0 Å². The number of hydrogen-bond donors (Lipinski definition) is 1. The van der Waals surface area contributed by atoms with Crippen LogP contribution in [-0.2, 0) is 14.3 Å². The molecule has 4 saturated carbocycles. The molecule has 28 heavy (non-hydrogen) atoms. The molecule has 1 saturated heterocycles. The van der Waals surface area contributed by atoms with Crippen molar-refractivity contribution >= 4 is 27.7 Å². The van der Waals surface area contributed by atoms with Gasteiger partial charge in [0.05, 0.1) is 0 Å². The van der Waals surface area contributed by atoms with Gasteiger partial charge in [-0.1, -0.05) is 15.9 Å². The molecule has 0 aromatic carbocycles. The Balaban J connectivity index is 1.25. The Morgan fingerprint density at radius 3 is 2.43 bits per heavy atom. The van der Waals surface area contributed by atoms with Crippen molar-refractivity contribution < 1.29 is 14.3 Å². The normalized spacial score (nSPS) is 37.3. The highest BCUT2D eigenvalue weighted by Gasteiger charge is 2.57. The van der Waals surface area contributed by atoms with Gasteiger partial charge in [0.15, 0.2) is 0 Å². The van der Waals surface area contributed by atoms with E-state index in [0.29, 0.717) is 23.4 Å². The van der Waals surface area contributed by atoms with E-state index in [9.17, 15) is 9.59 Å². The summed E-state index contributed by atoms with van der Waals surface area (Å²) in [4.78, 5) is 27.5. The third kappa shape index (κ3) is 4.43. The quantitative estimate of drug-likeness (QED) is 0.472. The lowest BCUT2D eigenvalue weighted by atomic mass is 9.48. The fourth-order valence-electron chi connectivity index (χ4n) is 6.94. The van der Waals surface area contributed by atoms with Crippen LogP contribution in [0.2, 0.25) is 0 Å². The zero-order chi connectivity index (χ0) is 19.8. The predicted molar refractivity (Wildman–Crippen MR) is 112 cm³/mol. The van der Waals surface area contributed by atoms with E-state index in [-0.39, 0.29) is 17.2 Å². The molecule has 5 fully saturated rings. The van der Waals surface area contributed by atoms with E-state index >= 15 is 0 Å². The van der Waals surface area contributed by atoms with Gasteiger partial charge in [0.1, 0.15) is 0 Å². The highest BCUT2D eigenvalue weighted by molar-refractivity contribution is 9.10. The van der Waals surface area contributed by atoms with Gasteiger partial charge in [-0.15, -0.1) is 0 Å². The van der Waals surface area contributed by atoms with Crippen LogP contribution in [0.25, 0.3) is 0 Å². The maximum atomic E-state index is 13.1. The van der Waals surface area contributed by atoms with Crippen LogP contribution in [0.15, 0.2) is 0 Å². The van der Waals surface area contributed by atoms with Crippen molar-refractivity contribution in [1.29, 1.82) is 0 Å². The summed E-state index contributed by atoms with van der Waals surface area (Å²) in [5, 5.41) is 3.01. The standard InChI is InChI=1S/C22H35BrN2O3/c1-28-8-2-5-24-20(27)18-3-6-25(7-4-18)19(26)14-21-10-16-9-17(11-21)13-22(23,12-16)15-21/h16-18H,2-15H2,1H3,(H,24,27). The smallest absolute Gasteiger partial charge is 0.223 e. The molecule has 5 rings (SSSR count). The Hall–Kier alpha value is -0.620. The number of nitrogens with one attached hydrogen (secondary N) is 1. The third-order valence-electron chi connectivity index (χ3n) is 7.68. The first kappa shape index (κ1) is 20.6. The van der Waals surface area contributed by atoms with Crippen LogP contribution in [0.1, 0.15) is 64.2 Å². The minimum absolute atomic E-state index is 0.0527. The van der Waals surface area contributed by atoms with Crippen molar-refractivity contribution in [2.75, 3.05) is 33.4 Å². The van der Waals surface area contributed by atoms with E-state index in [2.05, 4.69) is 21.2 Å². The molecule has 0 aromatic heterocycles. The largest absolute Gasteiger partial charge is 0.385 e. The number of halogens is 1. The van der Waals surface area contributed by atoms with Crippen molar-refractivity contribution in [2.24, 2.45) is 23.2 Å². The summed E-state index contributed by atoms with van der Waals surface area (Å²) in [5.74, 6) is 2.17. The molecule has 0 spiro atoms. The summed E-state index contributed by atoms with van der Waals surface area (Å²) >= 11 is 4.06. The van der Waals surface area contributed by atoms with Crippen LogP contribution < -0.4 is 5.32 Å². The summed E-state index contributed by atoms with van der Waals surface area (Å²) in [6.07, 6.45) is 10.8. The van der Waals surface area contributed by atoms with Gasteiger partial charge in [-0.3, -0.25) is 9.59 Å². The molecular weight excluding hydrogens is 420 g/mol. The first-order valence-electron chi connectivity index (χ1n) is 11.1. The fraction of sp³-hybridized carbons (Fsp3) is 0.909. The second kappa shape index (κ2) is 8.25. The third-order valence-corrected chi connectivity index (χ3v) is 8.61. The van der Waals surface area contributed by atoms with Crippen LogP contribution in [0.4, 0.5) is 0 Å². The van der Waals surface area contributed by atoms with Crippen molar-refractivity contribution in [3.63, 3.8) is 0 Å². The lowest BCUT2D eigenvalue weighted by molar-refractivity contribution is -0.141. The van der Waals surface area contributed by atoms with E-state index in [1.807, 2.05) is 4.90 Å². The Kier molecular flexibility index (Phi) is 6.08. The number of methoxy groups -OCH3 is 1. The van der Waals surface area contributed by atoms with Gasteiger partial charge in [0.25, 0.3) is 0 Å². The van der Waals surface area contributed by atoms with Crippen LogP contribution in [-0.4, -0.2) is 54.4 Å². The fourth-order valence-corrected chi connectivity index (χ4v) is 8.45. The Labute approximate surface area is 177 Å². The summed E-state index contributed by atoms with van der Waals surface area (Å²) in [6, 6.07) is 0. The molecule has 0 aromatic rings. The first-order chi connectivity index (χ1) is 13.4. The summed E-state index contributed by atoms with van der Waals surface area (Å²) in [7, 11) is 1.68. The van der Waals surface area contributed by atoms with Crippen LogP contribution in [0.3, 0.4) is 0 Å². The molecule has 158 valence electrons. The second-order valence-corrected chi connectivity index (χ2v) is 11.8. The second-order valence-electron chi connectivity index (χ2n) is 10.1. The van der Waals surface area contributed by atoms with Gasteiger partial charge < -0.3 is 15.0 Å². The first-order valence-corrected chi connectivity index (χ1v) is 11.9. The summed E-state index contributed by atoms with van der Waals surface area (Å²) in [5.41, 5.74) is 0.236. The van der Waals surface area contributed by atoms with Gasteiger partial charge in [-0.2, -0.15) is 0 Å². The van der Waals surface area contributed by atoms with E-state index in [1.165, 1.54) is 38.5 Å². The molecule has 4 aliphatic carbocycles. The Bertz CT molecular complexity index is 589. The lowest BCUT2D eigenvalue weighted by Crippen LogP contribution is -2.54. The van der Waals surface area contributed by atoms with Gasteiger partial charge in [0, 0.05) is 50.0 Å². The molecule has 1 aliphatic heterocycles. The van der Waals surface area contributed by atoms with E-state index in [1.54, 1.807) is 7.11 Å². The molecule has 4 bridgehead atoms. The number of likely N-dealkylation sites (tertiary alicyclic amines) is 1. The summed E-state index contributed by atoms with van der Waals surface area (Å²) < 4.78 is 5.33. The topological polar surface area (TPSA) is 58.6 Å². The molecule has 5 nitrogen and oxygen atoms in total. The van der Waals surface area contributed by atoms with Crippen molar-refractivity contribution in [1.82, 2.24) is 10.2 Å². The molecule has 2 atom stereocenters. The number of rotatable bonds is 7. The molecule has 0 radical (unpaired) electrons. The van der Waals surface area contributed by atoms with Gasteiger partial charge >= 0.3 is 0 Å². The molecule has 1 heterocycles. The van der Waals surface area contributed by atoms with Crippen LogP contribution >= 0.6 is 15.9 Å². The zero-order valence-corrected chi connectivity index (χ0v) is 18.8. The monoisotopic (exact) mass is 454 g/mol. The predicted octanol–water partition coefficient (Wildman–Crippen LogP) is 3.50. The van der Waals surface area contributed by atoms with Crippen LogP contribution in [0, 0.1) is 23.2 Å². The van der Waals surface area contributed by atoms with Crippen molar-refractivity contribution in [3.05, 3.63) is 0 Å². The van der Waals surface area contributed by atoms with E-state index < -0.39 is 0 Å². The Morgan fingerprint density at radius 1 is 1.14 bits per heavy atom. The number of carbonyl (C=O) groups is 2. The number of ether oxygens (including phenoxy) is 1. The number of amides is 2. The zero-order valence-electron chi connectivity index (χ0n) is 17.2. The molecule has 1 N–H and O–H groups in total. The average molecular weight is 455 g/mol. The molecule has 2 amide bonds. The SMILES string of the molecule is COCCCNC(=O)C1CCN(C(=O)CC23CC4CC(CC(Br)(C4)C2)C3)CC1. The molecule has 5 aliphatic rings. The number of hydrogen-bond acceptors (Lipinski definition) is 3. The number of nitrogens with zero attached hydrogens (tertiary/aromatic N) is 1. The van der Waals surface area contributed by atoms with Gasteiger partial charge in [0.2, 0.25) is 11.8 Å². The minimum atomic E-state index is 0.0527. The Morgan fingerprint density at radius 2 is 1.82 bits per heavy atom. The van der Waals surface area contributed by atoms with Crippen LogP contribution in [0.5, 0.6) is 0 Å². The average Bonchev–Trinajstić information content (AvgIpc) is 2.63. The maximum Gasteiger partial charge on any atom is 0.223 e. The van der Waals surface area contributed by atoms with Crippen molar-refractivity contribution in [2.45, 2.75) is 68.5 Å². The minimum Gasteiger partial charge on any atom is -0.385 e. The summed E-state index contributed by atoms with van der Waals surface area (Å²) in [6.45, 7) is 2.81. The highest BCUT2D eigenvalue weighted by Crippen LogP contribution is 2.65. The molecule has 6 heteroatoms. The highest BCUT2D eigenvalue weighted by atomic mass is 79.9. The van der Waals surface area contributed by atoms with E-state index in [0.717, 1.165) is 50.6 Å². The maximum absolute atomic E-state index is 13.1. The number of piperidine rings is 1. The lowest BCUT2D eigenvalue weighted by Gasteiger charge is -2.60. The number of carbonyl (C=O) groups excluding carboxylic acids is 2. The van der Waals surface area contributed by atoms with E-state index in [4.69, 9.17) is 4.74 Å².